The molecule has 5 heteroatoms. The van der Waals surface area contributed by atoms with Gasteiger partial charge in [-0.1, -0.05) is 78.4 Å². The first-order valence-corrected chi connectivity index (χ1v) is 12.2. The Hall–Kier alpha value is -4.09. The fourth-order valence-electron chi connectivity index (χ4n) is 3.75. The summed E-state index contributed by atoms with van der Waals surface area (Å²) in [6, 6.07) is 35.4. The lowest BCUT2D eigenvalue weighted by molar-refractivity contribution is -0.113. The van der Waals surface area contributed by atoms with Crippen LogP contribution in [0.5, 0.6) is 5.75 Å². The van der Waals surface area contributed by atoms with Crippen molar-refractivity contribution in [2.24, 2.45) is 4.99 Å². The minimum Gasteiger partial charge on any atom is -0.489 e. The monoisotopic (exact) mass is 476 g/mol. The fraction of sp³-hybridized carbons (Fsp3) is 0.0667. The van der Waals surface area contributed by atoms with Crippen molar-refractivity contribution >= 4 is 40.3 Å². The number of amidine groups is 1. The van der Waals surface area contributed by atoms with E-state index in [0.717, 1.165) is 28.3 Å². The number of carbonyl (C=O) groups is 1. The van der Waals surface area contributed by atoms with E-state index < -0.39 is 0 Å². The van der Waals surface area contributed by atoms with E-state index in [0.29, 0.717) is 16.7 Å². The van der Waals surface area contributed by atoms with E-state index in [1.165, 1.54) is 17.3 Å². The molecule has 1 aliphatic rings. The molecule has 1 heterocycles. The molecule has 0 spiro atoms. The number of anilines is 1. The lowest BCUT2D eigenvalue weighted by Crippen LogP contribution is -2.28. The van der Waals surface area contributed by atoms with Crippen molar-refractivity contribution in [3.63, 3.8) is 0 Å². The highest BCUT2D eigenvalue weighted by Gasteiger charge is 2.34. The summed E-state index contributed by atoms with van der Waals surface area (Å²) in [6.45, 7) is 2.59. The van der Waals surface area contributed by atoms with Crippen LogP contribution in [0.25, 0.3) is 6.08 Å². The van der Waals surface area contributed by atoms with Gasteiger partial charge in [0.2, 0.25) is 0 Å². The molecule has 1 aliphatic heterocycles. The highest BCUT2D eigenvalue weighted by Crippen LogP contribution is 2.37. The topological polar surface area (TPSA) is 41.9 Å². The van der Waals surface area contributed by atoms with Crippen molar-refractivity contribution in [1.82, 2.24) is 0 Å². The van der Waals surface area contributed by atoms with E-state index in [4.69, 9.17) is 9.73 Å². The Labute approximate surface area is 209 Å². The number of benzene rings is 4. The summed E-state index contributed by atoms with van der Waals surface area (Å²) in [5, 5.41) is 0.636. The zero-order chi connectivity index (χ0) is 24.0. The highest BCUT2D eigenvalue weighted by molar-refractivity contribution is 8.19. The maximum atomic E-state index is 13.4. The molecule has 0 atom stereocenters. The molecule has 1 fully saturated rings. The molecule has 0 N–H and O–H groups in total. The first kappa shape index (κ1) is 22.7. The summed E-state index contributed by atoms with van der Waals surface area (Å²) in [5.74, 6) is 0.701. The maximum absolute atomic E-state index is 13.4. The number of aryl methyl sites for hydroxylation is 1. The lowest BCUT2D eigenvalue weighted by atomic mass is 10.1. The van der Waals surface area contributed by atoms with Crippen LogP contribution in [0.4, 0.5) is 11.4 Å². The third-order valence-corrected chi connectivity index (χ3v) is 6.44. The molecular formula is C30H24N2O2S. The third-order valence-electron chi connectivity index (χ3n) is 5.47. The van der Waals surface area contributed by atoms with Crippen molar-refractivity contribution in [3.8, 4) is 5.75 Å². The largest absolute Gasteiger partial charge is 0.489 e. The number of aliphatic imine (C=N–C) groups is 1. The van der Waals surface area contributed by atoms with Gasteiger partial charge in [-0.2, -0.15) is 0 Å². The van der Waals surface area contributed by atoms with Gasteiger partial charge in [-0.25, -0.2) is 4.99 Å². The Bertz CT molecular complexity index is 1380. The van der Waals surface area contributed by atoms with E-state index in [1.807, 2.05) is 97.1 Å². The van der Waals surface area contributed by atoms with Gasteiger partial charge in [-0.3, -0.25) is 9.69 Å². The number of ether oxygens (including phenoxy) is 1. The molecule has 1 saturated heterocycles. The Morgan fingerprint density at radius 1 is 0.857 bits per heavy atom. The van der Waals surface area contributed by atoms with Crippen molar-refractivity contribution < 1.29 is 9.53 Å². The Balaban J connectivity index is 1.37. The van der Waals surface area contributed by atoms with Crippen molar-refractivity contribution in [1.29, 1.82) is 0 Å². The van der Waals surface area contributed by atoms with Gasteiger partial charge in [0.1, 0.15) is 12.4 Å². The second-order valence-electron chi connectivity index (χ2n) is 8.16. The number of rotatable bonds is 6. The molecule has 4 nitrogen and oxygen atoms in total. The molecule has 0 aliphatic carbocycles. The van der Waals surface area contributed by atoms with Crippen molar-refractivity contribution in [2.45, 2.75) is 13.5 Å². The van der Waals surface area contributed by atoms with E-state index in [1.54, 1.807) is 4.90 Å². The second-order valence-corrected chi connectivity index (χ2v) is 9.17. The van der Waals surface area contributed by atoms with E-state index in [9.17, 15) is 4.79 Å². The first-order valence-electron chi connectivity index (χ1n) is 11.4. The zero-order valence-corrected chi connectivity index (χ0v) is 20.1. The molecule has 0 aromatic heterocycles. The molecule has 0 bridgehead atoms. The Morgan fingerprint density at radius 2 is 1.57 bits per heavy atom. The third kappa shape index (κ3) is 5.53. The highest BCUT2D eigenvalue weighted by atomic mass is 32.2. The maximum Gasteiger partial charge on any atom is 0.271 e. The van der Waals surface area contributed by atoms with Crippen LogP contribution in [0, 0.1) is 6.92 Å². The van der Waals surface area contributed by atoms with Gasteiger partial charge in [0.05, 0.1) is 16.3 Å². The summed E-state index contributed by atoms with van der Waals surface area (Å²) in [6.07, 6.45) is 1.90. The van der Waals surface area contributed by atoms with Gasteiger partial charge >= 0.3 is 0 Å². The Morgan fingerprint density at radius 3 is 2.29 bits per heavy atom. The average Bonchev–Trinajstić information content (AvgIpc) is 3.19. The number of hydrogen-bond acceptors (Lipinski definition) is 4. The summed E-state index contributed by atoms with van der Waals surface area (Å²) in [5.41, 5.74) is 4.88. The number of amides is 1. The minimum atomic E-state index is -0.0874. The Kier molecular flexibility index (Phi) is 6.77. The standard InChI is InChI=1S/C30H24N2O2S/c1-22-9-8-10-24(19-22)21-34-27-17-15-23(16-18-27)20-28-29(33)32(26-13-6-3-7-14-26)30(35-28)31-25-11-4-2-5-12-25/h2-20H,21H2,1H3/b28-20+,31-30?. The van der Waals surface area contributed by atoms with Crippen molar-refractivity contribution in [3.05, 3.63) is 131 Å². The number of hydrogen-bond donors (Lipinski definition) is 0. The number of para-hydroxylation sites is 2. The summed E-state index contributed by atoms with van der Waals surface area (Å²) in [7, 11) is 0. The van der Waals surface area contributed by atoms with Gasteiger partial charge < -0.3 is 4.74 Å². The summed E-state index contributed by atoms with van der Waals surface area (Å²) < 4.78 is 5.93. The first-order chi connectivity index (χ1) is 17.2. The molecule has 0 radical (unpaired) electrons. The quantitative estimate of drug-likeness (QED) is 0.273. The normalized spacial score (nSPS) is 15.7. The van der Waals surface area contributed by atoms with E-state index in [2.05, 4.69) is 25.1 Å². The molecular weight excluding hydrogens is 452 g/mol. The number of nitrogens with zero attached hydrogens (tertiary/aromatic N) is 2. The van der Waals surface area contributed by atoms with Gasteiger partial charge in [-0.15, -0.1) is 0 Å². The molecule has 1 amide bonds. The van der Waals surface area contributed by atoms with Gasteiger partial charge in [0.25, 0.3) is 5.91 Å². The molecule has 0 saturated carbocycles. The predicted molar refractivity (Wildman–Crippen MR) is 145 cm³/mol. The van der Waals surface area contributed by atoms with E-state index >= 15 is 0 Å². The molecule has 4 aromatic rings. The number of carbonyl (C=O) groups excluding carboxylic acids is 1. The lowest BCUT2D eigenvalue weighted by Gasteiger charge is -2.15. The molecule has 35 heavy (non-hydrogen) atoms. The van der Waals surface area contributed by atoms with Crippen LogP contribution in [0.2, 0.25) is 0 Å². The van der Waals surface area contributed by atoms with Crippen LogP contribution in [0.1, 0.15) is 16.7 Å². The molecule has 172 valence electrons. The number of thioether (sulfide) groups is 1. The molecule has 0 unspecified atom stereocenters. The summed E-state index contributed by atoms with van der Waals surface area (Å²) in [4.78, 5) is 20.4. The second kappa shape index (κ2) is 10.5. The van der Waals surface area contributed by atoms with Gasteiger partial charge in [0, 0.05) is 0 Å². The molecule has 5 rings (SSSR count). The minimum absolute atomic E-state index is 0.0874. The fourth-order valence-corrected chi connectivity index (χ4v) is 4.75. The molecule has 4 aromatic carbocycles. The van der Waals surface area contributed by atoms with Crippen LogP contribution >= 0.6 is 11.8 Å². The predicted octanol–water partition coefficient (Wildman–Crippen LogP) is 7.38. The smallest absolute Gasteiger partial charge is 0.271 e. The van der Waals surface area contributed by atoms with Gasteiger partial charge in [-0.05, 0) is 72.3 Å². The van der Waals surface area contributed by atoms with Crippen LogP contribution < -0.4 is 9.64 Å². The average molecular weight is 477 g/mol. The van der Waals surface area contributed by atoms with Crippen LogP contribution in [0.15, 0.2) is 119 Å². The van der Waals surface area contributed by atoms with E-state index in [-0.39, 0.29) is 5.91 Å². The SMILES string of the molecule is Cc1cccc(COc2ccc(/C=C3/SC(=Nc4ccccc4)N(c4ccccc4)C3=O)cc2)c1. The van der Waals surface area contributed by atoms with Crippen LogP contribution in [0.3, 0.4) is 0 Å². The summed E-state index contributed by atoms with van der Waals surface area (Å²) >= 11 is 1.38. The van der Waals surface area contributed by atoms with Gasteiger partial charge in [0.15, 0.2) is 5.17 Å². The zero-order valence-electron chi connectivity index (χ0n) is 19.3. The van der Waals surface area contributed by atoms with Crippen LogP contribution in [-0.4, -0.2) is 11.1 Å². The van der Waals surface area contributed by atoms with Crippen molar-refractivity contribution in [2.75, 3.05) is 4.90 Å². The van der Waals surface area contributed by atoms with Crippen LogP contribution in [-0.2, 0) is 11.4 Å².